The summed E-state index contributed by atoms with van der Waals surface area (Å²) < 4.78 is 7.23. The normalized spacial score (nSPS) is 13.0. The van der Waals surface area contributed by atoms with Crippen LogP contribution in [0.15, 0.2) is 36.8 Å². The summed E-state index contributed by atoms with van der Waals surface area (Å²) in [5.74, 6) is 0. The number of hydrogen-bond donors (Lipinski definition) is 2. The monoisotopic (exact) mass is 370 g/mol. The van der Waals surface area contributed by atoms with Gasteiger partial charge in [0.2, 0.25) is 0 Å². The molecule has 0 aliphatic carbocycles. The van der Waals surface area contributed by atoms with E-state index in [9.17, 15) is 9.90 Å². The zero-order chi connectivity index (χ0) is 19.4. The third kappa shape index (κ3) is 4.54. The number of carbonyl (C=O) groups is 1. The van der Waals surface area contributed by atoms with E-state index in [1.165, 1.54) is 0 Å². The highest BCUT2D eigenvalue weighted by Crippen LogP contribution is 2.26. The van der Waals surface area contributed by atoms with E-state index in [1.54, 1.807) is 12.5 Å². The van der Waals surface area contributed by atoms with Crippen LogP contribution in [0.25, 0.3) is 21.9 Å². The Balaban J connectivity index is 1.69. The highest BCUT2D eigenvalue weighted by atomic mass is 16.6. The van der Waals surface area contributed by atoms with Crippen molar-refractivity contribution in [1.29, 1.82) is 0 Å². The Labute approximate surface area is 158 Å². The van der Waals surface area contributed by atoms with Gasteiger partial charge in [0.25, 0.3) is 0 Å². The zero-order valence-corrected chi connectivity index (χ0v) is 16.0. The van der Waals surface area contributed by atoms with E-state index in [1.807, 2.05) is 49.6 Å². The van der Waals surface area contributed by atoms with E-state index in [2.05, 4.69) is 15.3 Å². The number of fused-ring (bicyclic) bond motifs is 3. The molecule has 144 valence electrons. The number of alkyl carbamates (subject to hydrolysis) is 1. The number of nitrogens with one attached hydrogen (secondary N) is 1. The fourth-order valence-corrected chi connectivity index (χ4v) is 3.10. The Hall–Kier alpha value is -2.67. The summed E-state index contributed by atoms with van der Waals surface area (Å²) in [6.07, 6.45) is 4.50. The van der Waals surface area contributed by atoms with Crippen LogP contribution in [-0.4, -0.2) is 44.5 Å². The van der Waals surface area contributed by atoms with E-state index >= 15 is 0 Å². The average molecular weight is 370 g/mol. The lowest BCUT2D eigenvalue weighted by atomic mass is 10.1. The number of benzene rings is 1. The van der Waals surface area contributed by atoms with Crippen molar-refractivity contribution in [2.75, 3.05) is 13.2 Å². The fourth-order valence-electron chi connectivity index (χ4n) is 3.10. The molecule has 3 aromatic rings. The van der Waals surface area contributed by atoms with Gasteiger partial charge in [-0.25, -0.2) is 9.78 Å². The molecule has 27 heavy (non-hydrogen) atoms. The van der Waals surface area contributed by atoms with Crippen molar-refractivity contribution in [1.82, 2.24) is 19.9 Å². The Bertz CT molecular complexity index is 930. The van der Waals surface area contributed by atoms with E-state index in [0.29, 0.717) is 19.4 Å². The van der Waals surface area contributed by atoms with Crippen molar-refractivity contribution in [3.05, 3.63) is 36.8 Å². The van der Waals surface area contributed by atoms with Gasteiger partial charge >= 0.3 is 6.09 Å². The second-order valence-electron chi connectivity index (χ2n) is 7.57. The van der Waals surface area contributed by atoms with Gasteiger partial charge in [0, 0.05) is 11.9 Å². The average Bonchev–Trinajstić information content (AvgIpc) is 3.05. The van der Waals surface area contributed by atoms with Crippen LogP contribution in [0.2, 0.25) is 0 Å². The summed E-state index contributed by atoms with van der Waals surface area (Å²) >= 11 is 0. The van der Waals surface area contributed by atoms with Gasteiger partial charge in [0.15, 0.2) is 0 Å². The number of amides is 1. The Morgan fingerprint density at radius 2 is 2.04 bits per heavy atom. The second kappa shape index (κ2) is 7.92. The first-order valence-electron chi connectivity index (χ1n) is 9.17. The Morgan fingerprint density at radius 3 is 2.78 bits per heavy atom. The summed E-state index contributed by atoms with van der Waals surface area (Å²) in [5.41, 5.74) is 2.16. The molecule has 0 saturated heterocycles. The molecular weight excluding hydrogens is 344 g/mol. The highest BCUT2D eigenvalue weighted by molar-refractivity contribution is 6.01. The molecule has 7 heteroatoms. The molecule has 1 unspecified atom stereocenters. The summed E-state index contributed by atoms with van der Waals surface area (Å²) in [5, 5.41) is 13.7. The number of aliphatic hydroxyl groups excluding tert-OH is 1. The number of rotatable bonds is 6. The predicted octanol–water partition coefficient (Wildman–Crippen LogP) is 3.42. The first kappa shape index (κ1) is 19.1. The van der Waals surface area contributed by atoms with Gasteiger partial charge in [-0.05, 0) is 39.7 Å². The lowest BCUT2D eigenvalue weighted by Crippen LogP contribution is -2.33. The molecule has 1 amide bonds. The number of para-hydroxylation sites is 1. The minimum atomic E-state index is -0.511. The number of ether oxygens (including phenoxy) is 1. The minimum Gasteiger partial charge on any atom is -0.444 e. The molecule has 0 aliphatic rings. The summed E-state index contributed by atoms with van der Waals surface area (Å²) in [6.45, 7) is 5.97. The van der Waals surface area contributed by atoms with E-state index in [-0.39, 0.29) is 12.6 Å². The van der Waals surface area contributed by atoms with Crippen LogP contribution >= 0.6 is 0 Å². The topological polar surface area (TPSA) is 89.3 Å². The number of imidazole rings is 1. The maximum absolute atomic E-state index is 11.7. The highest BCUT2D eigenvalue weighted by Gasteiger charge is 2.17. The number of aromatic nitrogens is 3. The molecule has 2 N–H and O–H groups in total. The molecule has 0 radical (unpaired) electrons. The summed E-state index contributed by atoms with van der Waals surface area (Å²) in [6, 6.07) is 7.78. The van der Waals surface area contributed by atoms with Crippen LogP contribution in [0.1, 0.15) is 39.7 Å². The Kier molecular flexibility index (Phi) is 5.60. The van der Waals surface area contributed by atoms with E-state index in [0.717, 1.165) is 21.9 Å². The van der Waals surface area contributed by atoms with Gasteiger partial charge in [0.1, 0.15) is 11.1 Å². The van der Waals surface area contributed by atoms with E-state index < -0.39 is 11.7 Å². The lowest BCUT2D eigenvalue weighted by molar-refractivity contribution is 0.0526. The van der Waals surface area contributed by atoms with Crippen molar-refractivity contribution in [3.63, 3.8) is 0 Å². The zero-order valence-electron chi connectivity index (χ0n) is 16.0. The molecule has 1 atom stereocenters. The van der Waals surface area contributed by atoms with Crippen molar-refractivity contribution < 1.29 is 14.6 Å². The number of pyridine rings is 1. The number of hydrogen-bond acceptors (Lipinski definition) is 5. The van der Waals surface area contributed by atoms with Crippen LogP contribution in [0, 0.1) is 0 Å². The van der Waals surface area contributed by atoms with Crippen LogP contribution < -0.4 is 5.32 Å². The van der Waals surface area contributed by atoms with Crippen molar-refractivity contribution in [3.8, 4) is 0 Å². The van der Waals surface area contributed by atoms with Crippen molar-refractivity contribution in [2.45, 2.75) is 45.3 Å². The SMILES string of the molecule is CC(C)(C)OC(=O)NCCCC(CO)n1cnc2cnc3ccccc3c21. The molecule has 7 nitrogen and oxygen atoms in total. The third-order valence-electron chi connectivity index (χ3n) is 4.29. The maximum atomic E-state index is 11.7. The van der Waals surface area contributed by atoms with Gasteiger partial charge in [-0.3, -0.25) is 4.98 Å². The molecule has 0 saturated carbocycles. The van der Waals surface area contributed by atoms with Crippen LogP contribution in [-0.2, 0) is 4.74 Å². The molecule has 0 bridgehead atoms. The fraction of sp³-hybridized carbons (Fsp3) is 0.450. The summed E-state index contributed by atoms with van der Waals surface area (Å²) in [7, 11) is 0. The first-order valence-corrected chi connectivity index (χ1v) is 9.17. The molecule has 2 aromatic heterocycles. The molecular formula is C20H26N4O3. The molecule has 1 aromatic carbocycles. The standard InChI is InChI=1S/C20H26N4O3/c1-20(2,3)27-19(26)21-10-6-7-14(12-25)24-13-23-17-11-22-16-9-5-4-8-15(16)18(17)24/h4-5,8-9,11,13-14,25H,6-7,10,12H2,1-3H3,(H,21,26). The van der Waals surface area contributed by atoms with Crippen LogP contribution in [0.5, 0.6) is 0 Å². The molecule has 3 rings (SSSR count). The predicted molar refractivity (Wildman–Crippen MR) is 105 cm³/mol. The maximum Gasteiger partial charge on any atom is 0.407 e. The smallest absolute Gasteiger partial charge is 0.407 e. The van der Waals surface area contributed by atoms with Crippen LogP contribution in [0.4, 0.5) is 4.79 Å². The van der Waals surface area contributed by atoms with E-state index in [4.69, 9.17) is 4.74 Å². The largest absolute Gasteiger partial charge is 0.444 e. The molecule has 0 aliphatic heterocycles. The quantitative estimate of drug-likeness (QED) is 0.649. The number of carbonyl (C=O) groups excluding carboxylic acids is 1. The van der Waals surface area contributed by atoms with Crippen molar-refractivity contribution in [2.24, 2.45) is 0 Å². The molecule has 0 fully saturated rings. The second-order valence-corrected chi connectivity index (χ2v) is 7.57. The van der Waals surface area contributed by atoms with Gasteiger partial charge in [-0.15, -0.1) is 0 Å². The lowest BCUT2D eigenvalue weighted by Gasteiger charge is -2.20. The third-order valence-corrected chi connectivity index (χ3v) is 4.29. The van der Waals surface area contributed by atoms with Gasteiger partial charge in [0.05, 0.1) is 36.2 Å². The number of nitrogens with zero attached hydrogens (tertiary/aromatic N) is 3. The van der Waals surface area contributed by atoms with Crippen LogP contribution in [0.3, 0.4) is 0 Å². The van der Waals surface area contributed by atoms with Crippen molar-refractivity contribution >= 4 is 28.0 Å². The number of aliphatic hydroxyl groups is 1. The summed E-state index contributed by atoms with van der Waals surface area (Å²) in [4.78, 5) is 20.6. The van der Waals surface area contributed by atoms with Gasteiger partial charge < -0.3 is 19.7 Å². The van der Waals surface area contributed by atoms with Gasteiger partial charge in [-0.1, -0.05) is 18.2 Å². The minimum absolute atomic E-state index is 0.00541. The first-order chi connectivity index (χ1) is 12.9. The molecule has 2 heterocycles. The Morgan fingerprint density at radius 1 is 1.26 bits per heavy atom. The van der Waals surface area contributed by atoms with Gasteiger partial charge in [-0.2, -0.15) is 0 Å². The molecule has 0 spiro atoms.